The van der Waals surface area contributed by atoms with Crippen molar-refractivity contribution in [3.05, 3.63) is 28.1 Å². The molecule has 1 aromatic carbocycles. The Balaban J connectivity index is 2.12. The third kappa shape index (κ3) is 3.65. The average Bonchev–Trinajstić information content (AvgIpc) is 2.53. The van der Waals surface area contributed by atoms with E-state index in [0.717, 1.165) is 45.0 Å². The Kier molecular flexibility index (Phi) is 5.54. The molecule has 22 heavy (non-hydrogen) atoms. The zero-order chi connectivity index (χ0) is 16.1. The van der Waals surface area contributed by atoms with Gasteiger partial charge >= 0.3 is 5.69 Å². The first-order valence-corrected chi connectivity index (χ1v) is 7.48. The summed E-state index contributed by atoms with van der Waals surface area (Å²) in [5, 5.41) is 14.0. The summed E-state index contributed by atoms with van der Waals surface area (Å²) in [6.45, 7) is 2.50. The monoisotopic (exact) mass is 311 g/mol. The molecule has 0 aliphatic carbocycles. The number of hydrogen-bond donors (Lipinski definition) is 1. The van der Waals surface area contributed by atoms with E-state index in [-0.39, 0.29) is 11.4 Å². The van der Waals surface area contributed by atoms with Crippen LogP contribution >= 0.6 is 0 Å². The van der Waals surface area contributed by atoms with Crippen LogP contribution in [0.3, 0.4) is 0 Å². The van der Waals surface area contributed by atoms with Crippen LogP contribution in [-0.4, -0.2) is 38.7 Å². The lowest BCUT2D eigenvalue weighted by Crippen LogP contribution is -2.35. The van der Waals surface area contributed by atoms with E-state index >= 15 is 0 Å². The Morgan fingerprint density at radius 1 is 1.45 bits per heavy atom. The van der Waals surface area contributed by atoms with Crippen molar-refractivity contribution in [1.29, 1.82) is 0 Å². The first kappa shape index (κ1) is 16.5. The first-order chi connectivity index (χ1) is 10.6. The van der Waals surface area contributed by atoms with Crippen LogP contribution in [0.15, 0.2) is 12.1 Å². The van der Waals surface area contributed by atoms with Gasteiger partial charge < -0.3 is 15.0 Å². The van der Waals surface area contributed by atoms with E-state index in [9.17, 15) is 14.5 Å². The molecule has 0 atom stereocenters. The van der Waals surface area contributed by atoms with Crippen LogP contribution in [0.4, 0.5) is 15.8 Å². The van der Waals surface area contributed by atoms with E-state index in [4.69, 9.17) is 4.74 Å². The van der Waals surface area contributed by atoms with Crippen molar-refractivity contribution in [1.82, 2.24) is 5.32 Å². The Morgan fingerprint density at radius 2 is 2.14 bits per heavy atom. The summed E-state index contributed by atoms with van der Waals surface area (Å²) in [5.41, 5.74) is 0.0437. The van der Waals surface area contributed by atoms with E-state index in [1.807, 2.05) is 11.9 Å². The van der Waals surface area contributed by atoms with Crippen LogP contribution in [0.2, 0.25) is 0 Å². The van der Waals surface area contributed by atoms with Gasteiger partial charge in [-0.15, -0.1) is 0 Å². The number of rotatable bonds is 6. The summed E-state index contributed by atoms with van der Waals surface area (Å²) in [6, 6.07) is 2.38. The number of ether oxygens (including phenoxy) is 1. The number of piperidine rings is 1. The number of nitrogens with one attached hydrogen (secondary N) is 1. The van der Waals surface area contributed by atoms with Crippen molar-refractivity contribution in [2.75, 3.05) is 38.7 Å². The second-order valence-corrected chi connectivity index (χ2v) is 5.56. The van der Waals surface area contributed by atoms with E-state index in [2.05, 4.69) is 5.32 Å². The Labute approximate surface area is 129 Å². The van der Waals surface area contributed by atoms with Crippen LogP contribution in [0.5, 0.6) is 5.75 Å². The molecule has 2 rings (SSSR count). The number of halogens is 1. The van der Waals surface area contributed by atoms with Crippen molar-refractivity contribution in [3.8, 4) is 5.75 Å². The van der Waals surface area contributed by atoms with Gasteiger partial charge in [-0.3, -0.25) is 10.1 Å². The van der Waals surface area contributed by atoms with E-state index in [1.54, 1.807) is 0 Å². The minimum atomic E-state index is -0.629. The van der Waals surface area contributed by atoms with Gasteiger partial charge in [-0.1, -0.05) is 0 Å². The van der Waals surface area contributed by atoms with Gasteiger partial charge in [0.25, 0.3) is 0 Å². The highest BCUT2D eigenvalue weighted by atomic mass is 19.1. The molecule has 1 N–H and O–H groups in total. The van der Waals surface area contributed by atoms with Gasteiger partial charge in [0, 0.05) is 19.2 Å². The van der Waals surface area contributed by atoms with Gasteiger partial charge in [0.15, 0.2) is 11.6 Å². The third-order valence-corrected chi connectivity index (χ3v) is 4.20. The van der Waals surface area contributed by atoms with Gasteiger partial charge in [-0.05, 0) is 38.8 Å². The summed E-state index contributed by atoms with van der Waals surface area (Å²) < 4.78 is 19.2. The van der Waals surface area contributed by atoms with Crippen molar-refractivity contribution in [2.45, 2.75) is 19.3 Å². The summed E-state index contributed by atoms with van der Waals surface area (Å²) in [6.07, 6.45) is 3.12. The fraction of sp³-hybridized carbons (Fsp3) is 0.600. The number of anilines is 1. The smallest absolute Gasteiger partial charge is 0.313 e. The molecule has 0 aromatic heterocycles. The molecule has 0 bridgehead atoms. The second-order valence-electron chi connectivity index (χ2n) is 5.56. The summed E-state index contributed by atoms with van der Waals surface area (Å²) >= 11 is 0. The second kappa shape index (κ2) is 7.40. The predicted molar refractivity (Wildman–Crippen MR) is 83.1 cm³/mol. The molecule has 7 heteroatoms. The number of nitro benzene ring substituents is 1. The van der Waals surface area contributed by atoms with Crippen LogP contribution in [-0.2, 0) is 0 Å². The minimum absolute atomic E-state index is 0.0960. The number of nitrogens with zero attached hydrogens (tertiary/aromatic N) is 2. The van der Waals surface area contributed by atoms with Gasteiger partial charge in [-0.25, -0.2) is 4.39 Å². The molecule has 1 fully saturated rings. The number of methoxy groups -OCH3 is 1. The molecule has 1 aliphatic rings. The Morgan fingerprint density at radius 3 is 2.68 bits per heavy atom. The molecule has 0 saturated carbocycles. The highest BCUT2D eigenvalue weighted by Gasteiger charge is 2.25. The molecule has 0 unspecified atom stereocenters. The van der Waals surface area contributed by atoms with Crippen LogP contribution in [0, 0.1) is 21.8 Å². The zero-order valence-electron chi connectivity index (χ0n) is 13.0. The molecular weight excluding hydrogens is 289 g/mol. The predicted octanol–water partition coefficient (Wildman–Crippen LogP) is 2.57. The van der Waals surface area contributed by atoms with Crippen molar-refractivity contribution >= 4 is 11.4 Å². The largest absolute Gasteiger partial charge is 0.490 e. The van der Waals surface area contributed by atoms with E-state index < -0.39 is 10.7 Å². The molecule has 1 aromatic rings. The van der Waals surface area contributed by atoms with Gasteiger partial charge in [0.05, 0.1) is 23.8 Å². The molecule has 0 radical (unpaired) electrons. The molecule has 0 amide bonds. The maximum atomic E-state index is 14.2. The maximum Gasteiger partial charge on any atom is 0.313 e. The number of nitro groups is 1. The Bertz CT molecular complexity index is 531. The standard InChI is InChI=1S/C15H22FN3O3/c1-17-6-3-11-4-7-18(8-5-11)13-10-15(22-2)14(19(20)21)9-12(13)16/h9-11,17H,3-8H2,1-2H3. The lowest BCUT2D eigenvalue weighted by atomic mass is 9.93. The molecule has 1 saturated heterocycles. The van der Waals surface area contributed by atoms with Crippen LogP contribution in [0.25, 0.3) is 0 Å². The van der Waals surface area contributed by atoms with Crippen LogP contribution < -0.4 is 15.0 Å². The maximum absolute atomic E-state index is 14.2. The zero-order valence-corrected chi connectivity index (χ0v) is 13.0. The molecule has 122 valence electrons. The summed E-state index contributed by atoms with van der Waals surface area (Å²) in [4.78, 5) is 12.2. The van der Waals surface area contributed by atoms with Gasteiger partial charge in [0.1, 0.15) is 0 Å². The first-order valence-electron chi connectivity index (χ1n) is 7.48. The summed E-state index contributed by atoms with van der Waals surface area (Å²) in [7, 11) is 3.29. The molecule has 0 spiro atoms. The van der Waals surface area contributed by atoms with Crippen molar-refractivity contribution in [3.63, 3.8) is 0 Å². The highest BCUT2D eigenvalue weighted by molar-refractivity contribution is 5.60. The van der Waals surface area contributed by atoms with Crippen LogP contribution in [0.1, 0.15) is 19.3 Å². The van der Waals surface area contributed by atoms with E-state index in [0.29, 0.717) is 11.6 Å². The molecule has 1 aliphatic heterocycles. The lowest BCUT2D eigenvalue weighted by molar-refractivity contribution is -0.385. The van der Waals surface area contributed by atoms with Gasteiger partial charge in [-0.2, -0.15) is 0 Å². The van der Waals surface area contributed by atoms with Gasteiger partial charge in [0.2, 0.25) is 0 Å². The Hall–Kier alpha value is -1.89. The fourth-order valence-electron chi connectivity index (χ4n) is 2.89. The number of benzene rings is 1. The molecule has 1 heterocycles. The van der Waals surface area contributed by atoms with Crippen molar-refractivity contribution in [2.24, 2.45) is 5.92 Å². The average molecular weight is 311 g/mol. The topological polar surface area (TPSA) is 67.6 Å². The third-order valence-electron chi connectivity index (χ3n) is 4.20. The SMILES string of the molecule is CNCCC1CCN(c2cc(OC)c([N+](=O)[O-])cc2F)CC1. The van der Waals surface area contributed by atoms with E-state index in [1.165, 1.54) is 13.2 Å². The summed E-state index contributed by atoms with van der Waals surface area (Å²) in [5.74, 6) is 0.173. The van der Waals surface area contributed by atoms with Crippen molar-refractivity contribution < 1.29 is 14.1 Å². The lowest BCUT2D eigenvalue weighted by Gasteiger charge is -2.34. The molecular formula is C15H22FN3O3. The minimum Gasteiger partial charge on any atom is -0.490 e. The number of hydrogen-bond acceptors (Lipinski definition) is 5. The molecule has 6 nitrogen and oxygen atoms in total. The highest BCUT2D eigenvalue weighted by Crippen LogP contribution is 2.35. The quantitative estimate of drug-likeness (QED) is 0.646. The normalized spacial score (nSPS) is 15.9. The fourth-order valence-corrected chi connectivity index (χ4v) is 2.89.